The standard InChI is InChI=1S/C14H14ClN3/c1-3-10-7-17-14(18-5-4-9(18)2)12-8-16-13(15)6-11(10)12/h3,6-9H,1,4-5H2,2H3. The van der Waals surface area contributed by atoms with Gasteiger partial charge in [-0.2, -0.15) is 0 Å². The van der Waals surface area contributed by atoms with E-state index in [0.717, 1.165) is 28.7 Å². The minimum atomic E-state index is 0.499. The summed E-state index contributed by atoms with van der Waals surface area (Å²) in [6.07, 6.45) is 6.67. The van der Waals surface area contributed by atoms with Crippen LogP contribution >= 0.6 is 11.6 Å². The first kappa shape index (κ1) is 11.5. The van der Waals surface area contributed by atoms with Crippen LogP contribution in [0.5, 0.6) is 0 Å². The highest BCUT2D eigenvalue weighted by atomic mass is 35.5. The summed E-state index contributed by atoms with van der Waals surface area (Å²) < 4.78 is 0. The van der Waals surface area contributed by atoms with Gasteiger partial charge in [0, 0.05) is 35.9 Å². The molecule has 1 saturated heterocycles. The lowest BCUT2D eigenvalue weighted by Gasteiger charge is -2.40. The van der Waals surface area contributed by atoms with Gasteiger partial charge in [0.05, 0.1) is 0 Å². The zero-order valence-electron chi connectivity index (χ0n) is 10.2. The molecule has 0 bridgehead atoms. The molecule has 3 heterocycles. The maximum absolute atomic E-state index is 5.98. The van der Waals surface area contributed by atoms with Gasteiger partial charge in [0.2, 0.25) is 0 Å². The molecule has 0 aromatic carbocycles. The molecule has 1 aliphatic heterocycles. The SMILES string of the molecule is C=Cc1cnc(N2CCC2C)c2cnc(Cl)cc12. The molecule has 3 rings (SSSR count). The van der Waals surface area contributed by atoms with Gasteiger partial charge >= 0.3 is 0 Å². The molecular formula is C14H14ClN3. The number of nitrogens with zero attached hydrogens (tertiary/aromatic N) is 3. The van der Waals surface area contributed by atoms with Gasteiger partial charge in [0.1, 0.15) is 11.0 Å². The third kappa shape index (κ3) is 1.66. The predicted molar refractivity (Wildman–Crippen MR) is 76.1 cm³/mol. The van der Waals surface area contributed by atoms with Gasteiger partial charge in [0.15, 0.2) is 0 Å². The molecule has 0 spiro atoms. The van der Waals surface area contributed by atoms with Gasteiger partial charge in [0.25, 0.3) is 0 Å². The third-order valence-corrected chi connectivity index (χ3v) is 3.77. The fourth-order valence-electron chi connectivity index (χ4n) is 2.34. The molecule has 3 nitrogen and oxygen atoms in total. The van der Waals surface area contributed by atoms with Crippen molar-refractivity contribution in [3.8, 4) is 0 Å². The van der Waals surface area contributed by atoms with Crippen molar-refractivity contribution in [2.75, 3.05) is 11.4 Å². The Balaban J connectivity index is 2.25. The second-order valence-corrected chi connectivity index (χ2v) is 5.01. The van der Waals surface area contributed by atoms with E-state index in [4.69, 9.17) is 11.6 Å². The Hall–Kier alpha value is -1.61. The molecule has 1 fully saturated rings. The lowest BCUT2D eigenvalue weighted by molar-refractivity contribution is 0.478. The highest BCUT2D eigenvalue weighted by molar-refractivity contribution is 6.30. The van der Waals surface area contributed by atoms with Crippen LogP contribution in [0.15, 0.2) is 25.0 Å². The summed E-state index contributed by atoms with van der Waals surface area (Å²) in [7, 11) is 0. The van der Waals surface area contributed by atoms with Crippen molar-refractivity contribution < 1.29 is 0 Å². The van der Waals surface area contributed by atoms with E-state index in [9.17, 15) is 0 Å². The molecule has 4 heteroatoms. The van der Waals surface area contributed by atoms with Crippen LogP contribution in [0.25, 0.3) is 16.8 Å². The number of hydrogen-bond donors (Lipinski definition) is 0. The molecular weight excluding hydrogens is 246 g/mol. The number of rotatable bonds is 2. The van der Waals surface area contributed by atoms with Crippen LogP contribution in [0.4, 0.5) is 5.82 Å². The van der Waals surface area contributed by atoms with Crippen molar-refractivity contribution in [2.24, 2.45) is 0 Å². The van der Waals surface area contributed by atoms with E-state index in [1.165, 1.54) is 6.42 Å². The van der Waals surface area contributed by atoms with Crippen LogP contribution in [0, 0.1) is 0 Å². The van der Waals surface area contributed by atoms with Gasteiger partial charge in [-0.3, -0.25) is 0 Å². The number of pyridine rings is 2. The van der Waals surface area contributed by atoms with Crippen molar-refractivity contribution in [3.63, 3.8) is 0 Å². The average Bonchev–Trinajstić information content (AvgIpc) is 2.37. The molecule has 18 heavy (non-hydrogen) atoms. The minimum absolute atomic E-state index is 0.499. The molecule has 0 saturated carbocycles. The largest absolute Gasteiger partial charge is 0.353 e. The predicted octanol–water partition coefficient (Wildman–Crippen LogP) is 3.52. The summed E-state index contributed by atoms with van der Waals surface area (Å²) in [6.45, 7) is 7.08. The smallest absolute Gasteiger partial charge is 0.138 e. The monoisotopic (exact) mass is 259 g/mol. The summed E-state index contributed by atoms with van der Waals surface area (Å²) in [5.74, 6) is 0.999. The van der Waals surface area contributed by atoms with Crippen molar-refractivity contribution >= 4 is 34.3 Å². The first-order chi connectivity index (χ1) is 8.70. The van der Waals surface area contributed by atoms with E-state index in [0.29, 0.717) is 11.2 Å². The fraction of sp³-hybridized carbons (Fsp3) is 0.286. The average molecular weight is 260 g/mol. The van der Waals surface area contributed by atoms with Crippen LogP contribution in [0.1, 0.15) is 18.9 Å². The Bertz CT molecular complexity index is 624. The molecule has 0 amide bonds. The molecule has 0 radical (unpaired) electrons. The van der Waals surface area contributed by atoms with Crippen molar-refractivity contribution in [2.45, 2.75) is 19.4 Å². The minimum Gasteiger partial charge on any atom is -0.353 e. The van der Waals surface area contributed by atoms with Gasteiger partial charge < -0.3 is 4.90 Å². The lowest BCUT2D eigenvalue weighted by Crippen LogP contribution is -2.46. The summed E-state index contributed by atoms with van der Waals surface area (Å²) in [5.41, 5.74) is 0.992. The molecule has 0 aliphatic carbocycles. The number of halogens is 1. The van der Waals surface area contributed by atoms with E-state index in [1.807, 2.05) is 12.3 Å². The van der Waals surface area contributed by atoms with Crippen LogP contribution in [-0.2, 0) is 0 Å². The summed E-state index contributed by atoms with van der Waals surface area (Å²) in [6, 6.07) is 2.43. The Morgan fingerprint density at radius 1 is 1.39 bits per heavy atom. The first-order valence-electron chi connectivity index (χ1n) is 6.04. The van der Waals surface area contributed by atoms with Crippen molar-refractivity contribution in [1.29, 1.82) is 0 Å². The summed E-state index contributed by atoms with van der Waals surface area (Å²) in [4.78, 5) is 11.0. The van der Waals surface area contributed by atoms with Crippen molar-refractivity contribution in [1.82, 2.24) is 9.97 Å². The van der Waals surface area contributed by atoms with Gasteiger partial charge in [-0.05, 0) is 24.8 Å². The highest BCUT2D eigenvalue weighted by Crippen LogP contribution is 2.33. The van der Waals surface area contributed by atoms with Gasteiger partial charge in [-0.25, -0.2) is 9.97 Å². The number of hydrogen-bond acceptors (Lipinski definition) is 3. The Labute approximate surface area is 111 Å². The summed E-state index contributed by atoms with van der Waals surface area (Å²) >= 11 is 5.98. The second kappa shape index (κ2) is 4.25. The van der Waals surface area contributed by atoms with E-state index in [2.05, 4.69) is 28.4 Å². The van der Waals surface area contributed by atoms with Crippen LogP contribution in [-0.4, -0.2) is 22.6 Å². The zero-order valence-corrected chi connectivity index (χ0v) is 11.0. The first-order valence-corrected chi connectivity index (χ1v) is 6.42. The maximum Gasteiger partial charge on any atom is 0.138 e. The molecule has 1 atom stereocenters. The molecule has 92 valence electrons. The van der Waals surface area contributed by atoms with Crippen LogP contribution < -0.4 is 4.90 Å². The fourth-order valence-corrected chi connectivity index (χ4v) is 2.50. The molecule has 1 aliphatic rings. The number of aromatic nitrogens is 2. The normalized spacial score (nSPS) is 18.8. The Morgan fingerprint density at radius 3 is 2.83 bits per heavy atom. The highest BCUT2D eigenvalue weighted by Gasteiger charge is 2.26. The quantitative estimate of drug-likeness (QED) is 0.773. The topological polar surface area (TPSA) is 29.0 Å². The Morgan fingerprint density at radius 2 is 2.22 bits per heavy atom. The van der Waals surface area contributed by atoms with Gasteiger partial charge in [-0.1, -0.05) is 24.3 Å². The Kier molecular flexibility index (Phi) is 2.71. The third-order valence-electron chi connectivity index (χ3n) is 3.56. The molecule has 0 N–H and O–H groups in total. The maximum atomic E-state index is 5.98. The number of anilines is 1. The van der Waals surface area contributed by atoms with E-state index < -0.39 is 0 Å². The lowest BCUT2D eigenvalue weighted by atomic mass is 10.0. The second-order valence-electron chi connectivity index (χ2n) is 4.62. The zero-order chi connectivity index (χ0) is 12.7. The van der Waals surface area contributed by atoms with Crippen molar-refractivity contribution in [3.05, 3.63) is 35.8 Å². The molecule has 1 unspecified atom stereocenters. The van der Waals surface area contributed by atoms with E-state index in [-0.39, 0.29) is 0 Å². The number of fused-ring (bicyclic) bond motifs is 1. The molecule has 2 aromatic rings. The van der Waals surface area contributed by atoms with Gasteiger partial charge in [-0.15, -0.1) is 0 Å². The summed E-state index contributed by atoms with van der Waals surface area (Å²) in [5, 5.41) is 2.61. The molecule has 2 aromatic heterocycles. The van der Waals surface area contributed by atoms with E-state index >= 15 is 0 Å². The van der Waals surface area contributed by atoms with Crippen LogP contribution in [0.3, 0.4) is 0 Å². The van der Waals surface area contributed by atoms with Crippen LogP contribution in [0.2, 0.25) is 5.15 Å². The van der Waals surface area contributed by atoms with E-state index in [1.54, 1.807) is 12.3 Å².